The number of benzene rings is 2. The van der Waals surface area contributed by atoms with Gasteiger partial charge in [0.25, 0.3) is 5.91 Å². The van der Waals surface area contributed by atoms with Gasteiger partial charge in [-0.2, -0.15) is 4.31 Å². The summed E-state index contributed by atoms with van der Waals surface area (Å²) < 4.78 is 39.6. The lowest BCUT2D eigenvalue weighted by molar-refractivity contribution is 0.0986. The zero-order chi connectivity index (χ0) is 26.2. The SMILES string of the molecule is CC1CCN(S(=O)(=O)c2ccc(C(=O)N(CCCN(C)C)c3nc4cc5c(cc4s3)OCO5)cc2)CC1. The zero-order valence-electron chi connectivity index (χ0n) is 21.3. The normalized spacial score (nSPS) is 16.5. The molecule has 0 radical (unpaired) electrons. The number of thiazole rings is 1. The number of hydrogen-bond acceptors (Lipinski definition) is 8. The lowest BCUT2D eigenvalue weighted by Crippen LogP contribution is -2.38. The van der Waals surface area contributed by atoms with Gasteiger partial charge in [-0.1, -0.05) is 18.3 Å². The zero-order valence-corrected chi connectivity index (χ0v) is 23.0. The third kappa shape index (κ3) is 5.45. The number of aromatic nitrogens is 1. The minimum absolute atomic E-state index is 0.192. The Kier molecular flexibility index (Phi) is 7.39. The van der Waals surface area contributed by atoms with Gasteiger partial charge in [-0.3, -0.25) is 9.69 Å². The average molecular weight is 545 g/mol. The van der Waals surface area contributed by atoms with Gasteiger partial charge in [-0.15, -0.1) is 0 Å². The van der Waals surface area contributed by atoms with Gasteiger partial charge in [0.15, 0.2) is 16.6 Å². The number of carbonyl (C=O) groups is 1. The Balaban J connectivity index is 1.40. The molecule has 9 nitrogen and oxygen atoms in total. The average Bonchev–Trinajstić information content (AvgIpc) is 3.50. The second kappa shape index (κ2) is 10.6. The highest BCUT2D eigenvalue weighted by atomic mass is 32.2. The number of anilines is 1. The van der Waals surface area contributed by atoms with Crippen LogP contribution in [0.5, 0.6) is 11.5 Å². The summed E-state index contributed by atoms with van der Waals surface area (Å²) in [6.45, 7) is 4.69. The van der Waals surface area contributed by atoms with Gasteiger partial charge in [0.05, 0.1) is 15.1 Å². The Morgan fingerprint density at radius 1 is 1.08 bits per heavy atom. The third-order valence-electron chi connectivity index (χ3n) is 6.82. The molecule has 0 aliphatic carbocycles. The molecule has 1 fully saturated rings. The largest absolute Gasteiger partial charge is 0.454 e. The Hall–Kier alpha value is -2.73. The maximum atomic E-state index is 13.7. The molecule has 37 heavy (non-hydrogen) atoms. The third-order valence-corrected chi connectivity index (χ3v) is 9.77. The molecular weight excluding hydrogens is 512 g/mol. The van der Waals surface area contributed by atoms with Crippen molar-refractivity contribution >= 4 is 42.6 Å². The monoisotopic (exact) mass is 544 g/mol. The summed E-state index contributed by atoms with van der Waals surface area (Å²) in [5.41, 5.74) is 1.16. The summed E-state index contributed by atoms with van der Waals surface area (Å²) in [7, 11) is 0.410. The van der Waals surface area contributed by atoms with Gasteiger partial charge in [-0.05, 0) is 70.1 Å². The van der Waals surface area contributed by atoms with Crippen LogP contribution in [0.25, 0.3) is 10.2 Å². The summed E-state index contributed by atoms with van der Waals surface area (Å²) in [6.07, 6.45) is 2.49. The molecule has 0 spiro atoms. The van der Waals surface area contributed by atoms with E-state index in [1.807, 2.05) is 26.2 Å². The van der Waals surface area contributed by atoms with Crippen molar-refractivity contribution < 1.29 is 22.7 Å². The molecule has 1 saturated heterocycles. The highest BCUT2D eigenvalue weighted by Crippen LogP contribution is 2.40. The molecule has 0 saturated carbocycles. The van der Waals surface area contributed by atoms with Crippen molar-refractivity contribution in [1.82, 2.24) is 14.2 Å². The fraction of sp³-hybridized carbons (Fsp3) is 0.462. The number of nitrogens with zero attached hydrogens (tertiary/aromatic N) is 4. The number of ether oxygens (including phenoxy) is 2. The number of carbonyl (C=O) groups excluding carboxylic acids is 1. The second-order valence-corrected chi connectivity index (χ2v) is 12.8. The van der Waals surface area contributed by atoms with Crippen molar-refractivity contribution in [2.75, 3.05) is 52.0 Å². The predicted octanol–water partition coefficient (Wildman–Crippen LogP) is 4.04. The quantitative estimate of drug-likeness (QED) is 0.423. The van der Waals surface area contributed by atoms with Gasteiger partial charge in [0, 0.05) is 37.3 Å². The summed E-state index contributed by atoms with van der Waals surface area (Å²) >= 11 is 1.42. The minimum Gasteiger partial charge on any atom is -0.454 e. The van der Waals surface area contributed by atoms with Crippen LogP contribution in [0.2, 0.25) is 0 Å². The van der Waals surface area contributed by atoms with E-state index in [0.29, 0.717) is 47.7 Å². The van der Waals surface area contributed by atoms with E-state index in [2.05, 4.69) is 11.8 Å². The second-order valence-electron chi connectivity index (χ2n) is 9.89. The molecule has 0 N–H and O–H groups in total. The van der Waals surface area contributed by atoms with E-state index >= 15 is 0 Å². The standard InChI is InChI=1S/C26H32N4O5S2/c1-18-9-13-29(14-10-18)37(32,33)20-7-5-19(6-8-20)25(31)30(12-4-11-28(2)3)26-27-21-15-22-23(35-17-34-22)16-24(21)36-26/h5-8,15-16,18H,4,9-14,17H2,1-3H3. The summed E-state index contributed by atoms with van der Waals surface area (Å²) in [5.74, 6) is 1.64. The van der Waals surface area contributed by atoms with Crippen LogP contribution < -0.4 is 14.4 Å². The van der Waals surface area contributed by atoms with E-state index in [1.54, 1.807) is 21.3 Å². The lowest BCUT2D eigenvalue weighted by Gasteiger charge is -2.29. The molecule has 11 heteroatoms. The molecule has 0 unspecified atom stereocenters. The lowest BCUT2D eigenvalue weighted by atomic mass is 10.0. The molecule has 198 valence electrons. The van der Waals surface area contributed by atoms with Crippen LogP contribution in [0, 0.1) is 5.92 Å². The molecule has 3 heterocycles. The van der Waals surface area contributed by atoms with E-state index in [9.17, 15) is 13.2 Å². The topological polar surface area (TPSA) is 92.3 Å². The molecule has 1 aromatic heterocycles. The molecule has 2 aliphatic heterocycles. The Morgan fingerprint density at radius 2 is 1.76 bits per heavy atom. The fourth-order valence-corrected chi connectivity index (χ4v) is 7.02. The van der Waals surface area contributed by atoms with Gasteiger partial charge in [0.2, 0.25) is 16.8 Å². The van der Waals surface area contributed by atoms with E-state index < -0.39 is 10.0 Å². The van der Waals surface area contributed by atoms with Gasteiger partial charge < -0.3 is 14.4 Å². The predicted molar refractivity (Wildman–Crippen MR) is 144 cm³/mol. The number of fused-ring (bicyclic) bond motifs is 2. The van der Waals surface area contributed by atoms with Crippen molar-refractivity contribution in [3.05, 3.63) is 42.0 Å². The first-order chi connectivity index (χ1) is 17.7. The maximum Gasteiger partial charge on any atom is 0.260 e. The smallest absolute Gasteiger partial charge is 0.260 e. The van der Waals surface area contributed by atoms with Gasteiger partial charge in [-0.25, -0.2) is 13.4 Å². The molecule has 3 aromatic rings. The highest BCUT2D eigenvalue weighted by Gasteiger charge is 2.29. The van der Waals surface area contributed by atoms with Crippen molar-refractivity contribution in [3.8, 4) is 11.5 Å². The van der Waals surface area contributed by atoms with Crippen LogP contribution in [0.1, 0.15) is 36.5 Å². The number of amides is 1. The highest BCUT2D eigenvalue weighted by molar-refractivity contribution is 7.89. The molecule has 0 atom stereocenters. The van der Waals surface area contributed by atoms with Crippen molar-refractivity contribution in [2.45, 2.75) is 31.1 Å². The number of sulfonamides is 1. The van der Waals surface area contributed by atoms with Crippen molar-refractivity contribution in [1.29, 1.82) is 0 Å². The molecule has 2 aromatic carbocycles. The van der Waals surface area contributed by atoms with Crippen LogP contribution >= 0.6 is 11.3 Å². The number of rotatable bonds is 8. The maximum absolute atomic E-state index is 13.7. The molecule has 5 rings (SSSR count). The number of hydrogen-bond donors (Lipinski definition) is 0. The summed E-state index contributed by atoms with van der Waals surface area (Å²) in [4.78, 5) is 22.4. The Morgan fingerprint density at radius 3 is 2.43 bits per heavy atom. The first-order valence-corrected chi connectivity index (χ1v) is 14.7. The minimum atomic E-state index is -3.58. The van der Waals surface area contributed by atoms with Crippen LogP contribution in [-0.4, -0.2) is 75.6 Å². The van der Waals surface area contributed by atoms with Crippen LogP contribution in [0.3, 0.4) is 0 Å². The molecule has 1 amide bonds. The van der Waals surface area contributed by atoms with Crippen LogP contribution in [0.4, 0.5) is 5.13 Å². The fourth-order valence-electron chi connectivity index (χ4n) is 4.55. The molecule has 2 aliphatic rings. The van der Waals surface area contributed by atoms with Crippen molar-refractivity contribution in [3.63, 3.8) is 0 Å². The summed E-state index contributed by atoms with van der Waals surface area (Å²) in [5, 5.41) is 0.585. The van der Waals surface area contributed by atoms with Gasteiger partial charge >= 0.3 is 0 Å². The van der Waals surface area contributed by atoms with Gasteiger partial charge in [0.1, 0.15) is 0 Å². The Labute approximate surface area is 221 Å². The van der Waals surface area contributed by atoms with E-state index in [0.717, 1.165) is 36.0 Å². The number of piperidine rings is 1. The molecule has 0 bridgehead atoms. The van der Waals surface area contributed by atoms with E-state index in [4.69, 9.17) is 14.5 Å². The molecular formula is C26H32N4O5S2. The first kappa shape index (κ1) is 25.9. The van der Waals surface area contributed by atoms with Crippen molar-refractivity contribution in [2.24, 2.45) is 5.92 Å². The Bertz CT molecular complexity index is 1340. The van der Waals surface area contributed by atoms with Crippen LogP contribution in [-0.2, 0) is 10.0 Å². The van der Waals surface area contributed by atoms with Crippen LogP contribution in [0.15, 0.2) is 41.3 Å². The van der Waals surface area contributed by atoms with E-state index in [1.165, 1.54) is 23.5 Å². The summed E-state index contributed by atoms with van der Waals surface area (Å²) in [6, 6.07) is 10.0. The first-order valence-electron chi connectivity index (χ1n) is 12.5. The van der Waals surface area contributed by atoms with E-state index in [-0.39, 0.29) is 17.6 Å².